The van der Waals surface area contributed by atoms with Crippen LogP contribution in [0.4, 0.5) is 0 Å². The number of pyridine rings is 1. The minimum absolute atomic E-state index is 0.531. The van der Waals surface area contributed by atoms with Gasteiger partial charge in [0.1, 0.15) is 4.83 Å². The average Bonchev–Trinajstić information content (AvgIpc) is 2.47. The number of aromatic nitrogens is 1. The van der Waals surface area contributed by atoms with Gasteiger partial charge in [0, 0.05) is 17.0 Å². The van der Waals surface area contributed by atoms with E-state index in [1.54, 1.807) is 17.6 Å². The van der Waals surface area contributed by atoms with Crippen LogP contribution in [0.3, 0.4) is 0 Å². The summed E-state index contributed by atoms with van der Waals surface area (Å²) in [7, 11) is -1.40. The Morgan fingerprint density at radius 2 is 2.25 bits per heavy atom. The second kappa shape index (κ2) is 2.86. The molecule has 0 saturated heterocycles. The van der Waals surface area contributed by atoms with Crippen LogP contribution in [-0.4, -0.2) is 22.2 Å². The van der Waals surface area contributed by atoms with Crippen LogP contribution in [-0.2, 0) is 0 Å². The van der Waals surface area contributed by atoms with E-state index in [2.05, 4.69) is 4.98 Å². The molecule has 2 aromatic heterocycles. The molecule has 0 atom stereocenters. The van der Waals surface area contributed by atoms with Gasteiger partial charge in [-0.2, -0.15) is 0 Å². The fraction of sp³-hybridized carbons (Fsp3) is 0. The number of hydrogen-bond donors (Lipinski definition) is 2. The van der Waals surface area contributed by atoms with Crippen LogP contribution in [0.15, 0.2) is 23.7 Å². The highest BCUT2D eigenvalue weighted by Crippen LogP contribution is 2.15. The molecule has 2 N–H and O–H groups in total. The van der Waals surface area contributed by atoms with E-state index >= 15 is 0 Å². The van der Waals surface area contributed by atoms with E-state index in [-0.39, 0.29) is 0 Å². The molecule has 0 saturated carbocycles. The van der Waals surface area contributed by atoms with Crippen LogP contribution < -0.4 is 5.46 Å². The molecule has 0 spiro atoms. The van der Waals surface area contributed by atoms with E-state index in [4.69, 9.17) is 10.0 Å². The Morgan fingerprint density at radius 1 is 1.42 bits per heavy atom. The average molecular weight is 179 g/mol. The molecule has 5 heteroatoms. The summed E-state index contributed by atoms with van der Waals surface area (Å²) in [5.74, 6) is 0. The van der Waals surface area contributed by atoms with Crippen molar-refractivity contribution in [3.8, 4) is 0 Å². The van der Waals surface area contributed by atoms with Crippen molar-refractivity contribution in [1.82, 2.24) is 4.98 Å². The van der Waals surface area contributed by atoms with Crippen molar-refractivity contribution >= 4 is 34.1 Å². The van der Waals surface area contributed by atoms with Crippen molar-refractivity contribution in [2.75, 3.05) is 0 Å². The normalized spacial score (nSPS) is 10.5. The molecule has 2 heterocycles. The number of thiophene rings is 1. The predicted octanol–water partition coefficient (Wildman–Crippen LogP) is -0.0239. The molecular formula is C7H6BNO2S. The van der Waals surface area contributed by atoms with Crippen LogP contribution >= 0.6 is 11.3 Å². The Hall–Kier alpha value is -0.905. The highest BCUT2D eigenvalue weighted by atomic mass is 32.1. The van der Waals surface area contributed by atoms with Crippen molar-refractivity contribution in [2.24, 2.45) is 0 Å². The monoisotopic (exact) mass is 179 g/mol. The molecule has 0 fully saturated rings. The quantitative estimate of drug-likeness (QED) is 0.604. The van der Waals surface area contributed by atoms with Crippen molar-refractivity contribution in [1.29, 1.82) is 0 Å². The fourth-order valence-electron chi connectivity index (χ4n) is 1.09. The van der Waals surface area contributed by atoms with E-state index in [1.807, 2.05) is 6.07 Å². The Bertz CT molecular complexity index is 401. The summed E-state index contributed by atoms with van der Waals surface area (Å²) in [6, 6.07) is 3.61. The van der Waals surface area contributed by atoms with Crippen molar-refractivity contribution in [2.45, 2.75) is 0 Å². The standard InChI is InChI=1S/C7H6BNO2S/c10-8(11)6-4-12-7-5(6)2-1-3-9-7/h1-4,10-11H. The Balaban J connectivity index is 2.70. The van der Waals surface area contributed by atoms with Crippen molar-refractivity contribution in [3.05, 3.63) is 23.7 Å². The number of hydrogen-bond acceptors (Lipinski definition) is 4. The largest absolute Gasteiger partial charge is 0.489 e. The number of nitrogens with zero attached hydrogens (tertiary/aromatic N) is 1. The van der Waals surface area contributed by atoms with Gasteiger partial charge in [0.25, 0.3) is 0 Å². The topological polar surface area (TPSA) is 53.4 Å². The zero-order chi connectivity index (χ0) is 8.55. The molecule has 0 bridgehead atoms. The second-order valence-electron chi connectivity index (χ2n) is 2.42. The first-order valence-corrected chi connectivity index (χ1v) is 4.35. The molecule has 0 aromatic carbocycles. The summed E-state index contributed by atoms with van der Waals surface area (Å²) in [6.45, 7) is 0. The van der Waals surface area contributed by atoms with Gasteiger partial charge in [-0.3, -0.25) is 0 Å². The summed E-state index contributed by atoms with van der Waals surface area (Å²) in [5.41, 5.74) is 0.531. The van der Waals surface area contributed by atoms with Crippen LogP contribution in [0.1, 0.15) is 0 Å². The zero-order valence-electron chi connectivity index (χ0n) is 6.14. The van der Waals surface area contributed by atoms with Gasteiger partial charge < -0.3 is 10.0 Å². The molecule has 0 aliphatic carbocycles. The zero-order valence-corrected chi connectivity index (χ0v) is 6.95. The molecule has 2 aromatic rings. The summed E-state index contributed by atoms with van der Waals surface area (Å²) < 4.78 is 0. The lowest BCUT2D eigenvalue weighted by molar-refractivity contribution is 0.426. The van der Waals surface area contributed by atoms with Crippen LogP contribution in [0, 0.1) is 0 Å². The lowest BCUT2D eigenvalue weighted by Gasteiger charge is -1.94. The van der Waals surface area contributed by atoms with E-state index in [1.165, 1.54) is 11.3 Å². The van der Waals surface area contributed by atoms with E-state index in [0.717, 1.165) is 10.2 Å². The molecular weight excluding hydrogens is 173 g/mol. The van der Waals surface area contributed by atoms with Crippen LogP contribution in [0.5, 0.6) is 0 Å². The highest BCUT2D eigenvalue weighted by Gasteiger charge is 2.15. The lowest BCUT2D eigenvalue weighted by atomic mass is 9.81. The molecule has 3 nitrogen and oxygen atoms in total. The molecule has 2 rings (SSSR count). The van der Waals surface area contributed by atoms with Crippen LogP contribution in [0.2, 0.25) is 0 Å². The molecule has 0 aliphatic heterocycles. The number of fused-ring (bicyclic) bond motifs is 1. The first kappa shape index (κ1) is 7.73. The first-order valence-electron chi connectivity index (χ1n) is 3.47. The Kier molecular flexibility index (Phi) is 1.84. The maximum absolute atomic E-state index is 8.95. The molecule has 60 valence electrons. The smallest absolute Gasteiger partial charge is 0.423 e. The molecule has 0 unspecified atom stereocenters. The van der Waals surface area contributed by atoms with Crippen molar-refractivity contribution < 1.29 is 10.0 Å². The Morgan fingerprint density at radius 3 is 3.00 bits per heavy atom. The van der Waals surface area contributed by atoms with Crippen molar-refractivity contribution in [3.63, 3.8) is 0 Å². The number of rotatable bonds is 1. The third-order valence-electron chi connectivity index (χ3n) is 1.66. The maximum Gasteiger partial charge on any atom is 0.489 e. The van der Waals surface area contributed by atoms with Gasteiger partial charge in [-0.15, -0.1) is 11.3 Å². The van der Waals surface area contributed by atoms with E-state index in [9.17, 15) is 0 Å². The van der Waals surface area contributed by atoms with E-state index < -0.39 is 7.12 Å². The highest BCUT2D eigenvalue weighted by molar-refractivity contribution is 7.18. The molecule has 12 heavy (non-hydrogen) atoms. The summed E-state index contributed by atoms with van der Waals surface area (Å²) >= 11 is 1.41. The SMILES string of the molecule is OB(O)c1csc2ncccc12. The molecule has 0 amide bonds. The van der Waals surface area contributed by atoms with Gasteiger partial charge in [0.15, 0.2) is 0 Å². The lowest BCUT2D eigenvalue weighted by Crippen LogP contribution is -2.28. The summed E-state index contributed by atoms with van der Waals surface area (Å²) in [5, 5.41) is 20.4. The van der Waals surface area contributed by atoms with Gasteiger partial charge in [-0.1, -0.05) is 6.07 Å². The Labute approximate surface area is 73.5 Å². The van der Waals surface area contributed by atoms with Gasteiger partial charge in [-0.05, 0) is 11.4 Å². The van der Waals surface area contributed by atoms with E-state index in [0.29, 0.717) is 5.46 Å². The third kappa shape index (κ3) is 1.12. The minimum Gasteiger partial charge on any atom is -0.423 e. The molecule has 0 radical (unpaired) electrons. The predicted molar refractivity (Wildman–Crippen MR) is 49.4 cm³/mol. The van der Waals surface area contributed by atoms with Gasteiger partial charge in [-0.25, -0.2) is 4.98 Å². The maximum atomic E-state index is 8.95. The van der Waals surface area contributed by atoms with Gasteiger partial charge in [0.05, 0.1) is 0 Å². The third-order valence-corrected chi connectivity index (χ3v) is 2.58. The van der Waals surface area contributed by atoms with Gasteiger partial charge >= 0.3 is 7.12 Å². The molecule has 0 aliphatic rings. The minimum atomic E-state index is -1.40. The van der Waals surface area contributed by atoms with Gasteiger partial charge in [0.2, 0.25) is 0 Å². The first-order chi connectivity index (χ1) is 5.79. The fourth-order valence-corrected chi connectivity index (χ4v) is 2.01. The summed E-state index contributed by atoms with van der Waals surface area (Å²) in [6.07, 6.45) is 1.69. The second-order valence-corrected chi connectivity index (χ2v) is 3.28. The van der Waals surface area contributed by atoms with Crippen LogP contribution in [0.25, 0.3) is 10.2 Å². The summed E-state index contributed by atoms with van der Waals surface area (Å²) in [4.78, 5) is 4.91.